The third-order valence-corrected chi connectivity index (χ3v) is 12.6. The summed E-state index contributed by atoms with van der Waals surface area (Å²) < 4.78 is 0. The van der Waals surface area contributed by atoms with Gasteiger partial charge in [0.15, 0.2) is 0 Å². The molecule has 2 aliphatic rings. The number of rotatable bonds is 8. The van der Waals surface area contributed by atoms with Gasteiger partial charge in [-0.25, -0.2) is 4.98 Å². The van der Waals surface area contributed by atoms with E-state index >= 15 is 0 Å². The van der Waals surface area contributed by atoms with E-state index in [1.54, 1.807) is 0 Å². The first-order valence-electron chi connectivity index (χ1n) is 22.3. The molecule has 0 saturated heterocycles. The number of para-hydroxylation sites is 5. The third-order valence-electron chi connectivity index (χ3n) is 12.6. The molecular weight excluding hydrogens is 998 g/mol. The van der Waals surface area contributed by atoms with Crippen LogP contribution >= 0.6 is 0 Å². The molecule has 6 heteroatoms. The maximum Gasteiger partial charge on any atom is 0.135 e. The molecule has 5 nitrogen and oxygen atoms in total. The van der Waals surface area contributed by atoms with Crippen molar-refractivity contribution in [2.45, 2.75) is 6.92 Å². The van der Waals surface area contributed by atoms with E-state index in [1.165, 1.54) is 0 Å². The molecule has 9 aromatic carbocycles. The second-order valence-corrected chi connectivity index (χ2v) is 16.6. The van der Waals surface area contributed by atoms with Gasteiger partial charge in [-0.3, -0.25) is 0 Å². The Kier molecular flexibility index (Phi) is 11.1. The topological polar surface area (TPSA) is 25.9 Å². The summed E-state index contributed by atoms with van der Waals surface area (Å²) in [7, 11) is 0. The molecular formula is C61H42N5Pt-3. The number of aryl methyl sites for hydroxylation is 1. The van der Waals surface area contributed by atoms with Crippen LogP contribution in [-0.4, -0.2) is 4.98 Å². The van der Waals surface area contributed by atoms with Gasteiger partial charge in [-0.2, -0.15) is 6.07 Å². The first-order valence-corrected chi connectivity index (χ1v) is 22.3. The van der Waals surface area contributed by atoms with Gasteiger partial charge in [-0.05, 0) is 77.7 Å². The van der Waals surface area contributed by atoms with E-state index in [1.807, 2.05) is 6.20 Å². The molecule has 0 amide bonds. The van der Waals surface area contributed by atoms with Gasteiger partial charge < -0.3 is 19.6 Å². The average molecular weight is 1040 g/mol. The predicted octanol–water partition coefficient (Wildman–Crippen LogP) is 16.3. The van der Waals surface area contributed by atoms with Crippen molar-refractivity contribution in [3.63, 3.8) is 0 Å². The number of pyridine rings is 1. The van der Waals surface area contributed by atoms with Gasteiger partial charge in [0.2, 0.25) is 0 Å². The zero-order valence-corrected chi connectivity index (χ0v) is 38.8. The molecule has 0 unspecified atom stereocenters. The van der Waals surface area contributed by atoms with E-state index in [0.29, 0.717) is 0 Å². The molecule has 2 aliphatic heterocycles. The third kappa shape index (κ3) is 7.58. The zero-order valence-electron chi connectivity index (χ0n) is 36.6. The molecule has 1 aromatic heterocycles. The monoisotopic (exact) mass is 1040 g/mol. The van der Waals surface area contributed by atoms with Gasteiger partial charge in [0.05, 0.1) is 5.69 Å². The Morgan fingerprint density at radius 2 is 1.01 bits per heavy atom. The van der Waals surface area contributed by atoms with Crippen molar-refractivity contribution in [1.82, 2.24) is 4.98 Å². The van der Waals surface area contributed by atoms with Crippen molar-refractivity contribution in [3.05, 3.63) is 255 Å². The van der Waals surface area contributed by atoms with Crippen LogP contribution in [0.5, 0.6) is 0 Å². The van der Waals surface area contributed by atoms with Gasteiger partial charge in [-0.15, -0.1) is 53.8 Å². The number of aromatic nitrogens is 1. The van der Waals surface area contributed by atoms with Crippen molar-refractivity contribution in [3.8, 4) is 44.5 Å². The second kappa shape index (κ2) is 17.8. The summed E-state index contributed by atoms with van der Waals surface area (Å²) in [4.78, 5) is 14.3. The summed E-state index contributed by atoms with van der Waals surface area (Å²) in [6, 6.07) is 87.2. The molecule has 0 saturated carbocycles. The quantitative estimate of drug-likeness (QED) is 0.141. The van der Waals surface area contributed by atoms with E-state index in [9.17, 15) is 0 Å². The van der Waals surface area contributed by atoms with Crippen molar-refractivity contribution in [2.75, 3.05) is 19.6 Å². The molecule has 67 heavy (non-hydrogen) atoms. The Balaban J connectivity index is 0.00000494. The molecule has 0 bridgehead atoms. The summed E-state index contributed by atoms with van der Waals surface area (Å²) in [5, 5.41) is 0. The summed E-state index contributed by atoms with van der Waals surface area (Å²) in [6.45, 7) is 4.35. The van der Waals surface area contributed by atoms with Gasteiger partial charge in [0, 0.05) is 61.1 Å². The summed E-state index contributed by atoms with van der Waals surface area (Å²) in [6.07, 6.45) is 2.01. The van der Waals surface area contributed by atoms with E-state index < -0.39 is 0 Å². The maximum absolute atomic E-state index is 5.25. The van der Waals surface area contributed by atoms with E-state index in [4.69, 9.17) is 4.98 Å². The number of fused-ring (bicyclic) bond motifs is 6. The van der Waals surface area contributed by atoms with Crippen molar-refractivity contribution in [1.29, 1.82) is 0 Å². The fourth-order valence-electron chi connectivity index (χ4n) is 9.46. The van der Waals surface area contributed by atoms with Crippen LogP contribution < -0.4 is 19.6 Å². The van der Waals surface area contributed by atoms with Crippen molar-refractivity contribution >= 4 is 57.0 Å². The molecule has 0 N–H and O–H groups in total. The Hall–Kier alpha value is -7.98. The molecule has 3 heterocycles. The van der Waals surface area contributed by atoms with Gasteiger partial charge in [0.25, 0.3) is 0 Å². The van der Waals surface area contributed by atoms with Crippen LogP contribution in [0.2, 0.25) is 0 Å². The van der Waals surface area contributed by atoms with Crippen LogP contribution in [0.3, 0.4) is 0 Å². The Bertz CT molecular complexity index is 3380. The Morgan fingerprint density at radius 3 is 1.70 bits per heavy atom. The molecule has 0 fully saturated rings. The minimum atomic E-state index is 0. The number of anilines is 10. The minimum absolute atomic E-state index is 0. The first-order chi connectivity index (χ1) is 32.7. The van der Waals surface area contributed by atoms with Crippen LogP contribution in [-0.2, 0) is 21.1 Å². The minimum Gasteiger partial charge on any atom is -0.493 e. The van der Waals surface area contributed by atoms with Gasteiger partial charge >= 0.3 is 0 Å². The van der Waals surface area contributed by atoms with Crippen LogP contribution in [0.4, 0.5) is 57.0 Å². The fraction of sp³-hybridized carbons (Fsp3) is 0.0164. The Morgan fingerprint density at radius 1 is 0.448 bits per heavy atom. The summed E-state index contributed by atoms with van der Waals surface area (Å²) in [5.74, 6) is 0.819. The van der Waals surface area contributed by atoms with E-state index in [-0.39, 0.29) is 21.1 Å². The molecule has 10 aromatic rings. The smallest absolute Gasteiger partial charge is 0.135 e. The molecule has 12 rings (SSSR count). The number of hydrogen-bond donors (Lipinski definition) is 0. The second-order valence-electron chi connectivity index (χ2n) is 16.6. The standard InChI is InChI=1S/C61H42N5.Pt/c1-43-36-61(62-41-56(43)45-22-8-3-9-23-45)66-57-31-17-16-30-54(57)52-28-14-15-29-53(52)55-35-34-49(40-60(55)66)65(48-26-12-5-13-27-48)51-38-46(44-20-6-2-7-21-44)37-50(39-51)64-42-63(47-24-10-4-11-25-47)58-32-18-19-33-59(58)64;/h2-38,41-42H,1H3;/q-3;. The molecule has 0 radical (unpaired) electrons. The van der Waals surface area contributed by atoms with Crippen LogP contribution in [0.25, 0.3) is 44.5 Å². The summed E-state index contributed by atoms with van der Waals surface area (Å²) >= 11 is 0. The number of hydrogen-bond acceptors (Lipinski definition) is 5. The van der Waals surface area contributed by atoms with Crippen LogP contribution in [0, 0.1) is 25.7 Å². The zero-order chi connectivity index (χ0) is 44.0. The van der Waals surface area contributed by atoms with E-state index in [2.05, 4.69) is 270 Å². The fourth-order valence-corrected chi connectivity index (χ4v) is 9.46. The molecule has 0 spiro atoms. The predicted molar refractivity (Wildman–Crippen MR) is 273 cm³/mol. The molecule has 0 aliphatic carbocycles. The normalized spacial score (nSPS) is 12.3. The molecule has 0 atom stereocenters. The summed E-state index contributed by atoms with van der Waals surface area (Å²) in [5.41, 5.74) is 18.9. The van der Waals surface area contributed by atoms with Gasteiger partial charge in [-0.1, -0.05) is 174 Å². The van der Waals surface area contributed by atoms with Gasteiger partial charge in [0.1, 0.15) is 5.82 Å². The number of benzene rings is 9. The van der Waals surface area contributed by atoms with Crippen LogP contribution in [0.1, 0.15) is 5.56 Å². The van der Waals surface area contributed by atoms with Crippen molar-refractivity contribution < 1.29 is 21.1 Å². The van der Waals surface area contributed by atoms with E-state index in [0.717, 1.165) is 107 Å². The average Bonchev–Trinajstić information content (AvgIpc) is 3.72. The Labute approximate surface area is 406 Å². The molecule has 324 valence electrons. The van der Waals surface area contributed by atoms with Crippen molar-refractivity contribution in [2.24, 2.45) is 0 Å². The largest absolute Gasteiger partial charge is 0.493 e. The van der Waals surface area contributed by atoms with Crippen LogP contribution in [0.15, 0.2) is 231 Å². The first kappa shape index (κ1) is 41.7. The maximum atomic E-state index is 5.25. The number of nitrogens with zero attached hydrogens (tertiary/aromatic N) is 5. The SMILES string of the molecule is Cc1cc(N2c3[c-]c(N(c4[c-]c(N5[CH-]N(c6ccccc6)c6ccccc65)cc(-c5ccccc5)c4)c4ccccc4)ccc3-c3ccccc3-c3ccccc32)ncc1-c1ccccc1.[Pt].